The third-order valence-electron chi connectivity index (χ3n) is 5.88. The second-order valence-corrected chi connectivity index (χ2v) is 11.2. The molecule has 3 atom stereocenters. The lowest BCUT2D eigenvalue weighted by molar-refractivity contribution is -0.00150. The topological polar surface area (TPSA) is 127 Å². The van der Waals surface area contributed by atoms with Gasteiger partial charge in [0.05, 0.1) is 12.7 Å². The molecule has 0 unspecified atom stereocenters. The van der Waals surface area contributed by atoms with Crippen LogP contribution >= 0.6 is 0 Å². The van der Waals surface area contributed by atoms with Crippen LogP contribution in [0.5, 0.6) is 5.88 Å². The molecule has 0 saturated carbocycles. The second kappa shape index (κ2) is 10.5. The summed E-state index contributed by atoms with van der Waals surface area (Å²) in [5.74, 6) is 0.797. The summed E-state index contributed by atoms with van der Waals surface area (Å²) in [6.07, 6.45) is 5.24. The van der Waals surface area contributed by atoms with Gasteiger partial charge in [-0.2, -0.15) is 15.0 Å². The first kappa shape index (κ1) is 26.7. The van der Waals surface area contributed by atoms with Crippen LogP contribution in [0.2, 0.25) is 0 Å². The molecule has 4 rings (SSSR count). The van der Waals surface area contributed by atoms with Crippen LogP contribution in [0.4, 0.5) is 4.79 Å². The molecule has 1 amide bonds. The van der Waals surface area contributed by atoms with E-state index in [-0.39, 0.29) is 40.9 Å². The zero-order valence-electron chi connectivity index (χ0n) is 21.7. The first-order chi connectivity index (χ1) is 17.5. The van der Waals surface area contributed by atoms with E-state index in [1.165, 1.54) is 17.1 Å². The van der Waals surface area contributed by atoms with E-state index in [0.29, 0.717) is 36.7 Å². The summed E-state index contributed by atoms with van der Waals surface area (Å²) in [5.41, 5.74) is -0.558. The van der Waals surface area contributed by atoms with E-state index >= 15 is 0 Å². The molecule has 0 bridgehead atoms. The Kier molecular flexibility index (Phi) is 7.60. The summed E-state index contributed by atoms with van der Waals surface area (Å²) >= 11 is -1.42. The number of likely N-dealkylation sites (tertiary alicyclic amines) is 1. The molecule has 3 aromatic rings. The second-order valence-electron chi connectivity index (χ2n) is 9.95. The number of allylic oxidation sites excluding steroid dienone is 1. The Morgan fingerprint density at radius 3 is 2.73 bits per heavy atom. The molecule has 1 fully saturated rings. The average Bonchev–Trinajstić information content (AvgIpc) is 3.09. The van der Waals surface area contributed by atoms with Crippen molar-refractivity contribution in [1.82, 2.24) is 29.2 Å². The van der Waals surface area contributed by atoms with E-state index in [0.717, 1.165) is 0 Å². The summed E-state index contributed by atoms with van der Waals surface area (Å²) < 4.78 is 26.7. The Bertz CT molecular complexity index is 1360. The minimum Gasteiger partial charge on any atom is -0.609 e. The summed E-state index contributed by atoms with van der Waals surface area (Å²) in [7, 11) is 0. The van der Waals surface area contributed by atoms with Crippen molar-refractivity contribution in [2.24, 2.45) is 0 Å². The minimum absolute atomic E-state index is 0.0621. The molecule has 12 heteroatoms. The number of amides is 1. The summed E-state index contributed by atoms with van der Waals surface area (Å²) in [6.45, 7) is 12.0. The molecule has 4 heterocycles. The predicted octanol–water partition coefficient (Wildman–Crippen LogP) is 3.07. The lowest BCUT2D eigenvalue weighted by Crippen LogP contribution is -2.49. The Hall–Kier alpha value is -3.38. The maximum atomic E-state index is 13.0. The van der Waals surface area contributed by atoms with E-state index in [4.69, 9.17) is 9.47 Å². The van der Waals surface area contributed by atoms with Crippen LogP contribution in [0.1, 0.15) is 40.5 Å². The van der Waals surface area contributed by atoms with E-state index < -0.39 is 16.8 Å². The monoisotopic (exact) mass is 528 g/mol. The van der Waals surface area contributed by atoms with Crippen LogP contribution in [0.15, 0.2) is 47.0 Å². The van der Waals surface area contributed by atoms with Crippen LogP contribution in [-0.2, 0) is 22.5 Å². The van der Waals surface area contributed by atoms with Crippen molar-refractivity contribution in [2.45, 2.75) is 70.0 Å². The molecule has 11 nitrogen and oxygen atoms in total. The predicted molar refractivity (Wildman–Crippen MR) is 140 cm³/mol. The van der Waals surface area contributed by atoms with Crippen molar-refractivity contribution in [1.29, 1.82) is 0 Å². The van der Waals surface area contributed by atoms with E-state index in [2.05, 4.69) is 21.5 Å². The number of nitrogens with zero attached hydrogens (tertiary/aromatic N) is 6. The number of carbonyl (C=O) groups excluding carboxylic acids is 1. The molecule has 0 aromatic carbocycles. The van der Waals surface area contributed by atoms with Gasteiger partial charge in [-0.3, -0.25) is 4.79 Å². The lowest BCUT2D eigenvalue weighted by atomic mass is 10.0. The highest BCUT2D eigenvalue weighted by atomic mass is 32.2. The van der Waals surface area contributed by atoms with Gasteiger partial charge in [-0.1, -0.05) is 12.1 Å². The number of aromatic nitrogens is 5. The highest BCUT2D eigenvalue weighted by molar-refractivity contribution is 7.90. The standard InChI is InChI=1S/C25H32N6O5S/c1-7-12-30-22(32)18-15-26-23(37(6)34)28-21(18)31(30)19-9-8-10-20(27-19)35-17-11-13-29(16(2)14-17)24(33)36-25(3,4)5/h7-10,15-17H,1,11-14H2,2-6H3/t16-,17-,37-/m1/s1. The van der Waals surface area contributed by atoms with Gasteiger partial charge in [0.2, 0.25) is 5.88 Å². The fourth-order valence-corrected chi connectivity index (χ4v) is 4.67. The zero-order chi connectivity index (χ0) is 26.9. The fourth-order valence-electron chi connectivity index (χ4n) is 4.26. The summed E-state index contributed by atoms with van der Waals surface area (Å²) in [5, 5.41) is 0.405. The van der Waals surface area contributed by atoms with Gasteiger partial charge >= 0.3 is 11.2 Å². The van der Waals surface area contributed by atoms with Gasteiger partial charge in [-0.25, -0.2) is 14.2 Å². The van der Waals surface area contributed by atoms with E-state index in [9.17, 15) is 14.1 Å². The molecule has 198 valence electrons. The van der Waals surface area contributed by atoms with Crippen molar-refractivity contribution >= 4 is 28.3 Å². The largest absolute Gasteiger partial charge is 0.609 e. The van der Waals surface area contributed by atoms with E-state index in [1.54, 1.807) is 33.9 Å². The van der Waals surface area contributed by atoms with Gasteiger partial charge < -0.3 is 18.9 Å². The van der Waals surface area contributed by atoms with Crippen molar-refractivity contribution < 1.29 is 18.8 Å². The summed E-state index contributed by atoms with van der Waals surface area (Å²) in [4.78, 5) is 40.4. The van der Waals surface area contributed by atoms with Crippen LogP contribution in [0.25, 0.3) is 16.9 Å². The average molecular weight is 529 g/mol. The molecule has 37 heavy (non-hydrogen) atoms. The first-order valence-electron chi connectivity index (χ1n) is 12.0. The highest BCUT2D eigenvalue weighted by Crippen LogP contribution is 2.25. The van der Waals surface area contributed by atoms with Gasteiger partial charge in [0.1, 0.15) is 23.3 Å². The Morgan fingerprint density at radius 2 is 2.08 bits per heavy atom. The molecule has 1 aliphatic rings. The Balaban J connectivity index is 1.60. The number of carbonyl (C=O) groups is 1. The van der Waals surface area contributed by atoms with Crippen molar-refractivity contribution in [3.63, 3.8) is 0 Å². The zero-order valence-corrected chi connectivity index (χ0v) is 22.5. The molecule has 0 radical (unpaired) electrons. The van der Waals surface area contributed by atoms with Crippen LogP contribution in [0.3, 0.4) is 0 Å². The van der Waals surface area contributed by atoms with Gasteiger partial charge in [0.25, 0.3) is 5.56 Å². The third-order valence-corrected chi connectivity index (χ3v) is 6.59. The highest BCUT2D eigenvalue weighted by Gasteiger charge is 2.33. The number of fused-ring (bicyclic) bond motifs is 1. The molecular formula is C25H32N6O5S. The molecule has 1 aliphatic heterocycles. The number of ether oxygens (including phenoxy) is 2. The third kappa shape index (κ3) is 5.80. The van der Waals surface area contributed by atoms with Crippen LogP contribution in [-0.4, -0.2) is 70.4 Å². The van der Waals surface area contributed by atoms with Crippen molar-refractivity contribution in [2.75, 3.05) is 12.8 Å². The molecule has 0 N–H and O–H groups in total. The molecule has 3 aromatic heterocycles. The maximum Gasteiger partial charge on any atom is 0.410 e. The van der Waals surface area contributed by atoms with Gasteiger partial charge in [0.15, 0.2) is 11.5 Å². The molecule has 1 saturated heterocycles. The number of pyridine rings is 1. The van der Waals surface area contributed by atoms with Crippen LogP contribution < -0.4 is 10.3 Å². The Labute approximate surface area is 218 Å². The number of hydrogen-bond acceptors (Lipinski definition) is 8. The first-order valence-corrected chi connectivity index (χ1v) is 13.6. The van der Waals surface area contributed by atoms with Gasteiger partial charge in [0, 0.05) is 42.7 Å². The molecular weight excluding hydrogens is 496 g/mol. The normalized spacial score (nSPS) is 19.0. The molecule has 0 aliphatic carbocycles. The van der Waals surface area contributed by atoms with Crippen molar-refractivity contribution in [3.05, 3.63) is 47.4 Å². The van der Waals surface area contributed by atoms with E-state index in [1.807, 2.05) is 27.7 Å². The quantitative estimate of drug-likeness (QED) is 0.271. The number of piperidine rings is 1. The lowest BCUT2D eigenvalue weighted by Gasteiger charge is -2.38. The summed E-state index contributed by atoms with van der Waals surface area (Å²) in [6, 6.07) is 5.21. The number of rotatable bonds is 6. The van der Waals surface area contributed by atoms with Crippen LogP contribution in [0, 0.1) is 0 Å². The van der Waals surface area contributed by atoms with Gasteiger partial charge in [-0.05, 0) is 33.8 Å². The maximum absolute atomic E-state index is 13.0. The minimum atomic E-state index is -1.42. The molecule has 0 spiro atoms. The fraction of sp³-hybridized carbons (Fsp3) is 0.480. The SMILES string of the molecule is C=CCn1c(=O)c2cnc([S@@+](C)[O-])nc2n1-c1cccc(O[C@@H]2CCN(C(=O)OC(C)(C)C)[C@H](C)C2)n1. The van der Waals surface area contributed by atoms with Gasteiger partial charge in [-0.15, -0.1) is 6.58 Å². The van der Waals surface area contributed by atoms with Crippen molar-refractivity contribution in [3.8, 4) is 11.7 Å². The smallest absolute Gasteiger partial charge is 0.410 e. The Morgan fingerprint density at radius 1 is 1.32 bits per heavy atom. The number of hydrogen-bond donors (Lipinski definition) is 0.